The van der Waals surface area contributed by atoms with E-state index in [0.29, 0.717) is 0 Å². The van der Waals surface area contributed by atoms with E-state index in [1.165, 1.54) is 35.5 Å². The fourth-order valence-corrected chi connectivity index (χ4v) is 3.74. The maximum absolute atomic E-state index is 3.70. The third-order valence-electron chi connectivity index (χ3n) is 4.14. The summed E-state index contributed by atoms with van der Waals surface area (Å²) in [6.07, 6.45) is 2.65. The molecule has 1 saturated heterocycles. The van der Waals surface area contributed by atoms with Gasteiger partial charge in [-0.15, -0.1) is 0 Å². The summed E-state index contributed by atoms with van der Waals surface area (Å²) in [7, 11) is 0. The Morgan fingerprint density at radius 2 is 1.65 bits per heavy atom. The van der Waals surface area contributed by atoms with Crippen LogP contribution in [0.25, 0.3) is 0 Å². The highest BCUT2D eigenvalue weighted by Crippen LogP contribution is 2.17. The van der Waals surface area contributed by atoms with Crippen molar-refractivity contribution in [2.45, 2.75) is 45.8 Å². The Labute approximate surface area is 128 Å². The summed E-state index contributed by atoms with van der Waals surface area (Å²) in [6.45, 7) is 8.79. The van der Waals surface area contributed by atoms with Crippen molar-refractivity contribution in [3.05, 3.63) is 35.4 Å². The molecular formula is C17H28N2S. The van der Waals surface area contributed by atoms with Crippen molar-refractivity contribution >= 4 is 11.8 Å². The molecule has 0 radical (unpaired) electrons. The van der Waals surface area contributed by atoms with Crippen LogP contribution in [-0.2, 0) is 13.1 Å². The predicted molar refractivity (Wildman–Crippen MR) is 90.3 cm³/mol. The topological polar surface area (TPSA) is 15.3 Å². The zero-order valence-electron chi connectivity index (χ0n) is 12.9. The van der Waals surface area contributed by atoms with Crippen molar-refractivity contribution in [3.63, 3.8) is 0 Å². The van der Waals surface area contributed by atoms with Gasteiger partial charge in [-0.1, -0.05) is 38.1 Å². The summed E-state index contributed by atoms with van der Waals surface area (Å²) in [5.74, 6) is 2.64. The van der Waals surface area contributed by atoms with E-state index in [-0.39, 0.29) is 0 Å². The molecule has 1 heterocycles. The van der Waals surface area contributed by atoms with Crippen molar-refractivity contribution in [1.29, 1.82) is 0 Å². The van der Waals surface area contributed by atoms with Gasteiger partial charge in [0, 0.05) is 19.1 Å². The highest BCUT2D eigenvalue weighted by atomic mass is 32.2. The fourth-order valence-electron chi connectivity index (χ4n) is 2.63. The average Bonchev–Trinajstić information content (AvgIpc) is 2.53. The van der Waals surface area contributed by atoms with E-state index in [1.54, 1.807) is 0 Å². The van der Waals surface area contributed by atoms with Gasteiger partial charge < -0.3 is 5.32 Å². The van der Waals surface area contributed by atoms with Crippen LogP contribution >= 0.6 is 11.8 Å². The molecule has 2 rings (SSSR count). The van der Waals surface area contributed by atoms with E-state index < -0.39 is 0 Å². The third kappa shape index (κ3) is 5.12. The van der Waals surface area contributed by atoms with Crippen molar-refractivity contribution < 1.29 is 0 Å². The van der Waals surface area contributed by atoms with Crippen LogP contribution in [-0.4, -0.2) is 35.5 Å². The van der Waals surface area contributed by atoms with E-state index in [9.17, 15) is 0 Å². The number of nitrogens with zero attached hydrogens (tertiary/aromatic N) is 1. The molecule has 1 aliphatic heterocycles. The minimum absolute atomic E-state index is 0.728. The van der Waals surface area contributed by atoms with Crippen LogP contribution in [0.4, 0.5) is 0 Å². The van der Waals surface area contributed by atoms with E-state index in [4.69, 9.17) is 0 Å². The lowest BCUT2D eigenvalue weighted by molar-refractivity contribution is 0.296. The second-order valence-electron chi connectivity index (χ2n) is 5.55. The quantitative estimate of drug-likeness (QED) is 0.828. The van der Waals surface area contributed by atoms with Crippen molar-refractivity contribution in [2.24, 2.45) is 0 Å². The number of thioether (sulfide) groups is 1. The Bertz CT molecular complexity index is 367. The monoisotopic (exact) mass is 292 g/mol. The van der Waals surface area contributed by atoms with Crippen molar-refractivity contribution in [1.82, 2.24) is 10.2 Å². The maximum atomic E-state index is 3.70. The number of benzene rings is 1. The summed E-state index contributed by atoms with van der Waals surface area (Å²) in [6, 6.07) is 9.86. The van der Waals surface area contributed by atoms with Crippen LogP contribution in [0.5, 0.6) is 0 Å². The summed E-state index contributed by atoms with van der Waals surface area (Å²) >= 11 is 2.09. The lowest BCUT2D eigenvalue weighted by Crippen LogP contribution is -2.32. The van der Waals surface area contributed by atoms with Gasteiger partial charge in [0.25, 0.3) is 0 Å². The van der Waals surface area contributed by atoms with Gasteiger partial charge in [-0.05, 0) is 48.6 Å². The molecule has 0 aromatic heterocycles. The first-order valence-electron chi connectivity index (χ1n) is 7.93. The lowest BCUT2D eigenvalue weighted by Gasteiger charge is -2.22. The molecule has 2 nitrogen and oxygen atoms in total. The van der Waals surface area contributed by atoms with Gasteiger partial charge in [0.2, 0.25) is 0 Å². The van der Waals surface area contributed by atoms with Gasteiger partial charge in [-0.2, -0.15) is 11.8 Å². The standard InChI is InChI=1S/C17H28N2S/c1-3-19(4-2)14-16-7-5-15(6-8-16)13-18-17-9-11-20-12-10-17/h5-8,17-18H,3-4,9-14H2,1-2H3. The largest absolute Gasteiger partial charge is 0.310 e. The Hall–Kier alpha value is -0.510. The van der Waals surface area contributed by atoms with Gasteiger partial charge in [-0.25, -0.2) is 0 Å². The van der Waals surface area contributed by atoms with E-state index in [0.717, 1.165) is 32.2 Å². The number of hydrogen-bond donors (Lipinski definition) is 1. The SMILES string of the molecule is CCN(CC)Cc1ccc(CNC2CCSCC2)cc1. The molecule has 112 valence electrons. The third-order valence-corrected chi connectivity index (χ3v) is 5.19. The maximum Gasteiger partial charge on any atom is 0.0233 e. The smallest absolute Gasteiger partial charge is 0.0233 e. The Morgan fingerprint density at radius 3 is 2.25 bits per heavy atom. The minimum Gasteiger partial charge on any atom is -0.310 e. The van der Waals surface area contributed by atoms with E-state index in [1.807, 2.05) is 0 Å². The first kappa shape index (κ1) is 15.9. The van der Waals surface area contributed by atoms with Crippen molar-refractivity contribution in [3.8, 4) is 0 Å². The highest BCUT2D eigenvalue weighted by Gasteiger charge is 2.12. The lowest BCUT2D eigenvalue weighted by atomic mass is 10.1. The van der Waals surface area contributed by atoms with E-state index in [2.05, 4.69) is 60.1 Å². The molecule has 1 aromatic rings. The van der Waals surface area contributed by atoms with Crippen LogP contribution in [0, 0.1) is 0 Å². The Balaban J connectivity index is 1.78. The van der Waals surface area contributed by atoms with Crippen LogP contribution < -0.4 is 5.32 Å². The number of nitrogens with one attached hydrogen (secondary N) is 1. The summed E-state index contributed by atoms with van der Waals surface area (Å²) in [4.78, 5) is 2.45. The van der Waals surface area contributed by atoms with Crippen molar-refractivity contribution in [2.75, 3.05) is 24.6 Å². The molecule has 0 bridgehead atoms. The molecule has 0 spiro atoms. The van der Waals surface area contributed by atoms with Gasteiger partial charge in [-0.3, -0.25) is 4.90 Å². The Kier molecular flexibility index (Phi) is 6.91. The molecule has 1 aromatic carbocycles. The van der Waals surface area contributed by atoms with Gasteiger partial charge in [0.15, 0.2) is 0 Å². The first-order valence-corrected chi connectivity index (χ1v) is 9.08. The highest BCUT2D eigenvalue weighted by molar-refractivity contribution is 7.99. The normalized spacial score (nSPS) is 16.8. The molecule has 0 unspecified atom stereocenters. The zero-order valence-corrected chi connectivity index (χ0v) is 13.7. The first-order chi connectivity index (χ1) is 9.81. The average molecular weight is 292 g/mol. The second-order valence-corrected chi connectivity index (χ2v) is 6.77. The van der Waals surface area contributed by atoms with Gasteiger partial charge in [0.05, 0.1) is 0 Å². The molecule has 20 heavy (non-hydrogen) atoms. The molecule has 1 N–H and O–H groups in total. The van der Waals surface area contributed by atoms with Crippen LogP contribution in [0.3, 0.4) is 0 Å². The molecule has 0 aliphatic carbocycles. The Morgan fingerprint density at radius 1 is 1.05 bits per heavy atom. The second kappa shape index (κ2) is 8.71. The van der Waals surface area contributed by atoms with Gasteiger partial charge in [0.1, 0.15) is 0 Å². The minimum atomic E-state index is 0.728. The predicted octanol–water partition coefficient (Wildman–Crippen LogP) is 3.51. The molecule has 0 atom stereocenters. The number of hydrogen-bond acceptors (Lipinski definition) is 3. The summed E-state index contributed by atoms with van der Waals surface area (Å²) < 4.78 is 0. The molecular weight excluding hydrogens is 264 g/mol. The molecule has 0 amide bonds. The molecule has 1 aliphatic rings. The van der Waals surface area contributed by atoms with Crippen LogP contribution in [0.1, 0.15) is 37.8 Å². The van der Waals surface area contributed by atoms with Crippen LogP contribution in [0.2, 0.25) is 0 Å². The molecule has 1 fully saturated rings. The summed E-state index contributed by atoms with van der Waals surface area (Å²) in [5.41, 5.74) is 2.83. The fraction of sp³-hybridized carbons (Fsp3) is 0.647. The van der Waals surface area contributed by atoms with Gasteiger partial charge >= 0.3 is 0 Å². The molecule has 3 heteroatoms. The molecule has 0 saturated carbocycles. The van der Waals surface area contributed by atoms with E-state index >= 15 is 0 Å². The number of rotatable bonds is 7. The summed E-state index contributed by atoms with van der Waals surface area (Å²) in [5, 5.41) is 3.70. The van der Waals surface area contributed by atoms with Crippen LogP contribution in [0.15, 0.2) is 24.3 Å². The zero-order chi connectivity index (χ0) is 14.2.